The lowest BCUT2D eigenvalue weighted by Crippen LogP contribution is -2.13. The number of pyridine rings is 1. The molecule has 0 aliphatic rings. The molecule has 7 nitrogen and oxygen atoms in total. The lowest BCUT2D eigenvalue weighted by molar-refractivity contribution is 0.900. The van der Waals surface area contributed by atoms with Gasteiger partial charge in [-0.2, -0.15) is 10.4 Å². The van der Waals surface area contributed by atoms with Gasteiger partial charge in [-0.1, -0.05) is 6.07 Å². The van der Waals surface area contributed by atoms with Crippen molar-refractivity contribution in [3.63, 3.8) is 0 Å². The Labute approximate surface area is 136 Å². The second-order valence-corrected chi connectivity index (χ2v) is 5.37. The van der Waals surface area contributed by atoms with Gasteiger partial charge in [-0.3, -0.25) is 9.20 Å². The van der Waals surface area contributed by atoms with Gasteiger partial charge in [0.05, 0.1) is 28.5 Å². The van der Waals surface area contributed by atoms with Gasteiger partial charge in [-0.15, -0.1) is 0 Å². The van der Waals surface area contributed by atoms with Crippen molar-refractivity contribution in [1.29, 1.82) is 5.26 Å². The van der Waals surface area contributed by atoms with E-state index in [-0.39, 0.29) is 12.1 Å². The summed E-state index contributed by atoms with van der Waals surface area (Å²) < 4.78 is 1.85. The van der Waals surface area contributed by atoms with Crippen molar-refractivity contribution in [2.45, 2.75) is 6.54 Å². The van der Waals surface area contributed by atoms with E-state index in [1.54, 1.807) is 30.6 Å². The van der Waals surface area contributed by atoms with Crippen LogP contribution in [0.4, 0.5) is 0 Å². The van der Waals surface area contributed by atoms with E-state index >= 15 is 0 Å². The first kappa shape index (κ1) is 14.1. The number of H-pyrrole nitrogens is 1. The van der Waals surface area contributed by atoms with Gasteiger partial charge in [0, 0.05) is 23.7 Å². The number of benzene rings is 1. The van der Waals surface area contributed by atoms with Crippen LogP contribution in [0.5, 0.6) is 0 Å². The zero-order valence-corrected chi connectivity index (χ0v) is 12.5. The molecule has 0 aliphatic carbocycles. The summed E-state index contributed by atoms with van der Waals surface area (Å²) in [6.07, 6.45) is 3.47. The fraction of sp³-hybridized carbons (Fsp3) is 0.0588. The third kappa shape index (κ3) is 2.06. The number of aromatic amines is 1. The molecular weight excluding hydrogens is 304 g/mol. The van der Waals surface area contributed by atoms with Crippen molar-refractivity contribution < 1.29 is 0 Å². The van der Waals surface area contributed by atoms with Gasteiger partial charge in [0.2, 0.25) is 0 Å². The highest BCUT2D eigenvalue weighted by Crippen LogP contribution is 2.25. The molecule has 4 aromatic rings. The molecule has 0 bridgehead atoms. The summed E-state index contributed by atoms with van der Waals surface area (Å²) in [5.41, 5.74) is 9.08. The molecule has 24 heavy (non-hydrogen) atoms. The van der Waals surface area contributed by atoms with E-state index in [1.807, 2.05) is 16.5 Å². The topological polar surface area (TPSA) is 113 Å². The summed E-state index contributed by atoms with van der Waals surface area (Å²) in [6.45, 7) is 0.225. The third-order valence-electron chi connectivity index (χ3n) is 3.99. The second-order valence-electron chi connectivity index (χ2n) is 5.37. The van der Waals surface area contributed by atoms with E-state index in [0.29, 0.717) is 22.0 Å². The van der Waals surface area contributed by atoms with Crippen molar-refractivity contribution >= 4 is 16.4 Å². The summed E-state index contributed by atoms with van der Waals surface area (Å²) in [7, 11) is 0. The predicted octanol–water partition coefficient (Wildman–Crippen LogP) is 1.57. The van der Waals surface area contributed by atoms with Gasteiger partial charge in [0.25, 0.3) is 5.56 Å². The predicted molar refractivity (Wildman–Crippen MR) is 89.2 cm³/mol. The van der Waals surface area contributed by atoms with Gasteiger partial charge in [0.1, 0.15) is 11.7 Å². The molecule has 0 radical (unpaired) electrons. The molecular formula is C17H12N6O. The second kappa shape index (κ2) is 5.30. The number of nitriles is 1. The largest absolute Gasteiger partial charge is 0.325 e. The minimum Gasteiger partial charge on any atom is -0.325 e. The summed E-state index contributed by atoms with van der Waals surface area (Å²) in [5, 5.41) is 16.8. The van der Waals surface area contributed by atoms with Crippen LogP contribution in [0.1, 0.15) is 11.3 Å². The number of fused-ring (bicyclic) bond motifs is 2. The van der Waals surface area contributed by atoms with E-state index in [1.165, 1.54) is 0 Å². The van der Waals surface area contributed by atoms with Crippen molar-refractivity contribution in [3.05, 3.63) is 64.3 Å². The number of imidazole rings is 1. The molecule has 0 spiro atoms. The van der Waals surface area contributed by atoms with E-state index < -0.39 is 0 Å². The Morgan fingerprint density at radius 2 is 2.12 bits per heavy atom. The van der Waals surface area contributed by atoms with Crippen LogP contribution in [0, 0.1) is 11.3 Å². The quantitative estimate of drug-likeness (QED) is 0.583. The summed E-state index contributed by atoms with van der Waals surface area (Å²) in [6, 6.07) is 11.1. The summed E-state index contributed by atoms with van der Waals surface area (Å²) in [5.74, 6) is 0. The number of hydrogen-bond donors (Lipinski definition) is 2. The van der Waals surface area contributed by atoms with E-state index in [9.17, 15) is 4.79 Å². The highest BCUT2D eigenvalue weighted by molar-refractivity contribution is 5.88. The van der Waals surface area contributed by atoms with E-state index in [2.05, 4.69) is 21.3 Å². The molecule has 0 amide bonds. The molecule has 3 N–H and O–H groups in total. The molecule has 0 aliphatic heterocycles. The molecule has 0 saturated carbocycles. The smallest absolute Gasteiger partial charge is 0.272 e. The number of nitrogens with two attached hydrogens (primary N) is 1. The molecule has 4 rings (SSSR count). The number of nitrogens with zero attached hydrogens (tertiary/aromatic N) is 4. The Morgan fingerprint density at radius 3 is 2.92 bits per heavy atom. The fourth-order valence-electron chi connectivity index (χ4n) is 2.79. The van der Waals surface area contributed by atoms with Crippen LogP contribution in [-0.2, 0) is 6.54 Å². The highest BCUT2D eigenvalue weighted by Gasteiger charge is 2.11. The van der Waals surface area contributed by atoms with Gasteiger partial charge in [0.15, 0.2) is 0 Å². The zero-order chi connectivity index (χ0) is 16.7. The number of rotatable bonds is 2. The summed E-state index contributed by atoms with van der Waals surface area (Å²) in [4.78, 5) is 16.3. The molecule has 0 fully saturated rings. The maximum absolute atomic E-state index is 11.9. The number of hydrogen-bond acceptors (Lipinski definition) is 5. The fourth-order valence-corrected chi connectivity index (χ4v) is 2.79. The number of aromatic nitrogens is 4. The average Bonchev–Trinajstić information content (AvgIpc) is 3.04. The van der Waals surface area contributed by atoms with E-state index in [0.717, 1.165) is 16.9 Å². The van der Waals surface area contributed by atoms with Gasteiger partial charge in [-0.25, -0.2) is 10.1 Å². The first-order valence-corrected chi connectivity index (χ1v) is 7.30. The van der Waals surface area contributed by atoms with Crippen molar-refractivity contribution in [2.24, 2.45) is 5.73 Å². The maximum Gasteiger partial charge on any atom is 0.272 e. The highest BCUT2D eigenvalue weighted by atomic mass is 16.1. The molecule has 0 unspecified atom stereocenters. The first-order valence-electron chi connectivity index (χ1n) is 7.30. The molecule has 0 saturated heterocycles. The van der Waals surface area contributed by atoms with Gasteiger partial charge in [-0.05, 0) is 24.3 Å². The molecule has 3 aromatic heterocycles. The Hall–Kier alpha value is -3.50. The van der Waals surface area contributed by atoms with Crippen LogP contribution in [0.15, 0.2) is 47.5 Å². The molecule has 116 valence electrons. The van der Waals surface area contributed by atoms with Crippen LogP contribution < -0.4 is 11.3 Å². The van der Waals surface area contributed by atoms with Gasteiger partial charge >= 0.3 is 0 Å². The Kier molecular flexibility index (Phi) is 3.11. The summed E-state index contributed by atoms with van der Waals surface area (Å²) >= 11 is 0. The average molecular weight is 316 g/mol. The molecule has 3 heterocycles. The lowest BCUT2D eigenvalue weighted by Gasteiger charge is -2.06. The van der Waals surface area contributed by atoms with Crippen LogP contribution in [-0.4, -0.2) is 19.6 Å². The zero-order valence-electron chi connectivity index (χ0n) is 12.5. The Balaban J connectivity index is 2.00. The standard InChI is InChI=1S/C17H12N6O/c18-6-10-1-4-16-20-8-15(23(16)9-10)11-2-3-12-13(5-11)14(7-19)21-22-17(12)24/h1-5,8-9H,7,19H2,(H,22,24). The Morgan fingerprint density at radius 1 is 1.25 bits per heavy atom. The van der Waals surface area contributed by atoms with E-state index in [4.69, 9.17) is 11.0 Å². The van der Waals surface area contributed by atoms with Crippen molar-refractivity contribution in [1.82, 2.24) is 19.6 Å². The van der Waals surface area contributed by atoms with Crippen LogP contribution in [0.25, 0.3) is 27.7 Å². The lowest BCUT2D eigenvalue weighted by atomic mass is 10.1. The van der Waals surface area contributed by atoms with Gasteiger partial charge < -0.3 is 5.73 Å². The molecule has 7 heteroatoms. The SMILES string of the molecule is N#Cc1ccc2ncc(-c3ccc4c(=O)[nH]nc(CN)c4c3)n2c1. The monoisotopic (exact) mass is 316 g/mol. The van der Waals surface area contributed by atoms with Crippen LogP contribution in [0.2, 0.25) is 0 Å². The van der Waals surface area contributed by atoms with Crippen molar-refractivity contribution in [3.8, 4) is 17.3 Å². The minimum absolute atomic E-state index is 0.225. The molecule has 1 aromatic carbocycles. The number of nitrogens with one attached hydrogen (secondary N) is 1. The van der Waals surface area contributed by atoms with Crippen LogP contribution in [0.3, 0.4) is 0 Å². The molecule has 0 atom stereocenters. The van der Waals surface area contributed by atoms with Crippen molar-refractivity contribution in [2.75, 3.05) is 0 Å². The first-order chi connectivity index (χ1) is 11.7. The van der Waals surface area contributed by atoms with Crippen LogP contribution >= 0.6 is 0 Å². The minimum atomic E-state index is -0.251. The maximum atomic E-state index is 11.9. The Bertz CT molecular complexity index is 1180. The third-order valence-corrected chi connectivity index (χ3v) is 3.99. The normalized spacial score (nSPS) is 11.0.